The fourth-order valence-electron chi connectivity index (χ4n) is 1.33. The van der Waals surface area contributed by atoms with Gasteiger partial charge in [0.15, 0.2) is 0 Å². The lowest BCUT2D eigenvalue weighted by Gasteiger charge is -2.19. The number of benzene rings is 1. The van der Waals surface area contributed by atoms with E-state index in [1.54, 1.807) is 0 Å². The third-order valence-corrected chi connectivity index (χ3v) is 2.18. The van der Waals surface area contributed by atoms with E-state index in [9.17, 15) is 9.50 Å². The zero-order valence-corrected chi connectivity index (χ0v) is 8.28. The summed E-state index contributed by atoms with van der Waals surface area (Å²) < 4.78 is 11.9. The van der Waals surface area contributed by atoms with Crippen LogP contribution in [0.1, 0.15) is 18.6 Å². The molecule has 2 N–H and O–H groups in total. The molecule has 0 fully saturated rings. The highest BCUT2D eigenvalue weighted by Gasteiger charge is 2.14. The number of hydrogen-bond donors (Lipinski definition) is 2. The Labute approximate surface area is 83.8 Å². The molecule has 14 heavy (non-hydrogen) atoms. The van der Waals surface area contributed by atoms with Gasteiger partial charge in [0.25, 0.3) is 0 Å². The number of alkyl halides is 1. The van der Waals surface area contributed by atoms with Crippen molar-refractivity contribution < 1.29 is 9.50 Å². The second-order valence-electron chi connectivity index (χ2n) is 3.29. The predicted octanol–water partition coefficient (Wildman–Crippen LogP) is 1.67. The summed E-state index contributed by atoms with van der Waals surface area (Å²) in [6.45, 7) is 1.71. The molecule has 0 aliphatic heterocycles. The van der Waals surface area contributed by atoms with Crippen molar-refractivity contribution in [2.45, 2.75) is 19.1 Å². The second-order valence-corrected chi connectivity index (χ2v) is 3.29. The Morgan fingerprint density at radius 2 is 2.00 bits per heavy atom. The first kappa shape index (κ1) is 11.1. The maximum atomic E-state index is 11.9. The number of hydrogen-bond acceptors (Lipinski definition) is 2. The lowest BCUT2D eigenvalue weighted by molar-refractivity contribution is 0.135. The molecular formula is C11H16FNO. The molecule has 1 aromatic rings. The van der Waals surface area contributed by atoms with Gasteiger partial charge in [-0.05, 0) is 12.5 Å². The van der Waals surface area contributed by atoms with Crippen LogP contribution in [-0.4, -0.2) is 24.4 Å². The Bertz CT molecular complexity index is 253. The lowest BCUT2D eigenvalue weighted by atomic mass is 10.0. The third-order valence-electron chi connectivity index (χ3n) is 2.18. The van der Waals surface area contributed by atoms with Crippen LogP contribution in [0.3, 0.4) is 0 Å². The Kier molecular flexibility index (Phi) is 4.56. The molecule has 0 bridgehead atoms. The van der Waals surface area contributed by atoms with Crippen LogP contribution in [0.4, 0.5) is 4.39 Å². The molecule has 0 radical (unpaired) electrons. The molecule has 0 heterocycles. The Hall–Kier alpha value is -0.930. The molecule has 0 aromatic heterocycles. The zero-order valence-electron chi connectivity index (χ0n) is 8.28. The van der Waals surface area contributed by atoms with Crippen LogP contribution in [-0.2, 0) is 0 Å². The number of rotatable bonds is 5. The molecule has 0 saturated carbocycles. The molecule has 2 atom stereocenters. The first-order chi connectivity index (χ1) is 6.75. The molecule has 3 heteroatoms. The van der Waals surface area contributed by atoms with Crippen molar-refractivity contribution in [2.24, 2.45) is 0 Å². The summed E-state index contributed by atoms with van der Waals surface area (Å²) in [5.74, 6) is 0. The Morgan fingerprint density at radius 1 is 1.36 bits per heavy atom. The van der Waals surface area contributed by atoms with Crippen LogP contribution in [0.5, 0.6) is 0 Å². The van der Waals surface area contributed by atoms with Crippen molar-refractivity contribution in [1.82, 2.24) is 5.32 Å². The van der Waals surface area contributed by atoms with E-state index in [-0.39, 0.29) is 12.6 Å². The van der Waals surface area contributed by atoms with E-state index in [0.717, 1.165) is 5.56 Å². The van der Waals surface area contributed by atoms with Crippen LogP contribution in [0.25, 0.3) is 0 Å². The fraction of sp³-hybridized carbons (Fsp3) is 0.455. The summed E-state index contributed by atoms with van der Waals surface area (Å²) in [6.07, 6.45) is -0.581. The smallest absolute Gasteiger partial charge is 0.102 e. The predicted molar refractivity (Wildman–Crippen MR) is 54.8 cm³/mol. The molecule has 0 saturated heterocycles. The topological polar surface area (TPSA) is 32.3 Å². The van der Waals surface area contributed by atoms with Crippen LogP contribution in [0.15, 0.2) is 30.3 Å². The van der Waals surface area contributed by atoms with Gasteiger partial charge in [-0.1, -0.05) is 30.3 Å². The highest BCUT2D eigenvalue weighted by molar-refractivity contribution is 5.18. The fourth-order valence-corrected chi connectivity index (χ4v) is 1.33. The minimum atomic E-state index is -0.581. The van der Waals surface area contributed by atoms with E-state index in [4.69, 9.17) is 0 Å². The van der Waals surface area contributed by atoms with Crippen molar-refractivity contribution in [3.8, 4) is 0 Å². The molecule has 1 aromatic carbocycles. The highest BCUT2D eigenvalue weighted by atomic mass is 19.1. The van der Waals surface area contributed by atoms with E-state index in [0.29, 0.717) is 0 Å². The van der Waals surface area contributed by atoms with E-state index in [1.807, 2.05) is 37.3 Å². The van der Waals surface area contributed by atoms with Crippen molar-refractivity contribution in [3.05, 3.63) is 35.9 Å². The molecule has 0 aliphatic carbocycles. The molecule has 1 rings (SSSR count). The molecular weight excluding hydrogens is 181 g/mol. The third kappa shape index (κ3) is 3.09. The van der Waals surface area contributed by atoms with E-state index in [2.05, 4.69) is 5.32 Å². The van der Waals surface area contributed by atoms with Gasteiger partial charge in [0, 0.05) is 12.6 Å². The van der Waals surface area contributed by atoms with Crippen LogP contribution < -0.4 is 5.32 Å². The molecule has 2 unspecified atom stereocenters. The number of aliphatic hydroxyl groups excluding tert-OH is 1. The average molecular weight is 197 g/mol. The highest BCUT2D eigenvalue weighted by Crippen LogP contribution is 2.15. The number of halogens is 1. The van der Waals surface area contributed by atoms with Gasteiger partial charge in [-0.2, -0.15) is 0 Å². The summed E-state index contributed by atoms with van der Waals surface area (Å²) >= 11 is 0. The van der Waals surface area contributed by atoms with E-state index >= 15 is 0 Å². The lowest BCUT2D eigenvalue weighted by Crippen LogP contribution is -2.33. The number of nitrogens with one attached hydrogen (secondary N) is 1. The maximum Gasteiger partial charge on any atom is 0.102 e. The van der Waals surface area contributed by atoms with Gasteiger partial charge in [-0.3, -0.25) is 0 Å². The van der Waals surface area contributed by atoms with Crippen LogP contribution >= 0.6 is 0 Å². The van der Waals surface area contributed by atoms with Gasteiger partial charge in [0.2, 0.25) is 0 Å². The first-order valence-corrected chi connectivity index (χ1v) is 4.78. The quantitative estimate of drug-likeness (QED) is 0.752. The first-order valence-electron chi connectivity index (χ1n) is 4.78. The SMILES string of the molecule is CC(NCCF)C(O)c1ccccc1. The van der Waals surface area contributed by atoms with E-state index in [1.165, 1.54) is 0 Å². The van der Waals surface area contributed by atoms with Gasteiger partial charge in [-0.15, -0.1) is 0 Å². The molecule has 0 spiro atoms. The van der Waals surface area contributed by atoms with Gasteiger partial charge >= 0.3 is 0 Å². The monoisotopic (exact) mass is 197 g/mol. The van der Waals surface area contributed by atoms with Crippen molar-refractivity contribution in [2.75, 3.05) is 13.2 Å². The van der Waals surface area contributed by atoms with Crippen molar-refractivity contribution in [3.63, 3.8) is 0 Å². The Morgan fingerprint density at radius 3 is 2.57 bits per heavy atom. The Balaban J connectivity index is 2.52. The molecule has 0 aliphatic rings. The van der Waals surface area contributed by atoms with Crippen molar-refractivity contribution >= 4 is 0 Å². The standard InChI is InChI=1S/C11H16FNO/c1-9(13-8-7-12)11(14)10-5-3-2-4-6-10/h2-6,9,11,13-14H,7-8H2,1H3. The zero-order chi connectivity index (χ0) is 10.4. The minimum absolute atomic E-state index is 0.131. The van der Waals surface area contributed by atoms with Gasteiger partial charge in [0.1, 0.15) is 6.67 Å². The summed E-state index contributed by atoms with van der Waals surface area (Å²) in [4.78, 5) is 0. The van der Waals surface area contributed by atoms with Gasteiger partial charge in [-0.25, -0.2) is 4.39 Å². The molecule has 2 nitrogen and oxygen atoms in total. The summed E-state index contributed by atoms with van der Waals surface area (Å²) in [7, 11) is 0. The second kappa shape index (κ2) is 5.73. The largest absolute Gasteiger partial charge is 0.387 e. The average Bonchev–Trinajstić information content (AvgIpc) is 2.26. The van der Waals surface area contributed by atoms with Crippen LogP contribution in [0, 0.1) is 0 Å². The summed E-state index contributed by atoms with van der Waals surface area (Å²) in [5.41, 5.74) is 0.853. The van der Waals surface area contributed by atoms with Crippen LogP contribution in [0.2, 0.25) is 0 Å². The summed E-state index contributed by atoms with van der Waals surface area (Å²) in [6, 6.07) is 9.24. The van der Waals surface area contributed by atoms with Crippen molar-refractivity contribution in [1.29, 1.82) is 0 Å². The van der Waals surface area contributed by atoms with Gasteiger partial charge < -0.3 is 10.4 Å². The normalized spacial score (nSPS) is 15.1. The van der Waals surface area contributed by atoms with Gasteiger partial charge in [0.05, 0.1) is 6.10 Å². The molecule has 0 amide bonds. The van der Waals surface area contributed by atoms with E-state index < -0.39 is 12.8 Å². The number of aliphatic hydroxyl groups is 1. The minimum Gasteiger partial charge on any atom is -0.387 e. The molecule has 78 valence electrons. The maximum absolute atomic E-state index is 11.9. The summed E-state index contributed by atoms with van der Waals surface area (Å²) in [5, 5.41) is 12.7.